The number of ether oxygens (including phenoxy) is 2. The van der Waals surface area contributed by atoms with Crippen LogP contribution in [0.5, 0.6) is 0 Å². The Hall–Kier alpha value is -1.14. The van der Waals surface area contributed by atoms with Gasteiger partial charge >= 0.3 is 0 Å². The minimum absolute atomic E-state index is 0.367. The maximum absolute atomic E-state index is 10.3. The van der Waals surface area contributed by atoms with Gasteiger partial charge in [-0.25, -0.2) is 0 Å². The van der Waals surface area contributed by atoms with Crippen molar-refractivity contribution in [2.75, 3.05) is 0 Å². The molecule has 106 valence electrons. The minimum Gasteiger partial charge on any atom is -0.466 e. The highest BCUT2D eigenvalue weighted by molar-refractivity contribution is 5.07. The molecule has 0 aliphatic carbocycles. The molecule has 1 saturated heterocycles. The van der Waals surface area contributed by atoms with Gasteiger partial charge in [0.1, 0.15) is 24.1 Å². The lowest BCUT2D eigenvalue weighted by molar-refractivity contribution is -0.161. The second kappa shape index (κ2) is 5.46. The van der Waals surface area contributed by atoms with Crippen LogP contribution in [0.1, 0.15) is 32.1 Å². The van der Waals surface area contributed by atoms with Crippen LogP contribution in [-0.2, 0) is 9.47 Å². The van der Waals surface area contributed by atoms with Crippen LogP contribution in [0.4, 0.5) is 0 Å². The summed E-state index contributed by atoms with van der Waals surface area (Å²) in [7, 11) is 0. The first-order valence-corrected chi connectivity index (χ1v) is 6.30. The Morgan fingerprint density at radius 2 is 2.05 bits per heavy atom. The summed E-state index contributed by atoms with van der Waals surface area (Å²) >= 11 is 0. The molecule has 1 unspecified atom stereocenters. The highest BCUT2D eigenvalue weighted by Crippen LogP contribution is 2.37. The maximum atomic E-state index is 10.3. The monoisotopic (exact) mass is 268 g/mol. The molecule has 2 rings (SSSR count). The summed E-state index contributed by atoms with van der Waals surface area (Å²) in [6, 6.07) is 3.35. The third-order valence-corrected chi connectivity index (χ3v) is 3.10. The van der Waals surface area contributed by atoms with Gasteiger partial charge in [-0.05, 0) is 32.4 Å². The Balaban J connectivity index is 2.18. The Morgan fingerprint density at radius 3 is 2.63 bits per heavy atom. The smallest absolute Gasteiger partial charge is 0.164 e. The van der Waals surface area contributed by atoms with E-state index in [1.54, 1.807) is 32.1 Å². The van der Waals surface area contributed by atoms with Crippen LogP contribution >= 0.6 is 0 Å². The molecule has 4 atom stereocenters. The Labute approximate surface area is 112 Å². The van der Waals surface area contributed by atoms with Crippen LogP contribution < -0.4 is 0 Å². The summed E-state index contributed by atoms with van der Waals surface area (Å²) in [6.07, 6.45) is 0.370. The van der Waals surface area contributed by atoms with Gasteiger partial charge in [0.05, 0.1) is 12.4 Å². The molecule has 0 radical (unpaired) electrons. The van der Waals surface area contributed by atoms with Gasteiger partial charge in [-0.15, -0.1) is 6.58 Å². The number of aliphatic hydroxyl groups is 2. The van der Waals surface area contributed by atoms with E-state index in [1.165, 1.54) is 6.26 Å². The molecule has 0 spiro atoms. The average Bonchev–Trinajstić information content (AvgIpc) is 2.95. The summed E-state index contributed by atoms with van der Waals surface area (Å²) in [5, 5.41) is 20.4. The van der Waals surface area contributed by atoms with E-state index in [1.807, 2.05) is 0 Å². The molecule has 1 aliphatic rings. The molecule has 0 aromatic carbocycles. The van der Waals surface area contributed by atoms with Crippen molar-refractivity contribution in [2.24, 2.45) is 0 Å². The van der Waals surface area contributed by atoms with Crippen molar-refractivity contribution in [2.45, 2.75) is 50.5 Å². The van der Waals surface area contributed by atoms with E-state index < -0.39 is 30.2 Å². The Bertz CT molecular complexity index is 411. The summed E-state index contributed by atoms with van der Waals surface area (Å²) in [5.74, 6) is -0.465. The quantitative estimate of drug-likeness (QED) is 0.796. The largest absolute Gasteiger partial charge is 0.466 e. The lowest BCUT2D eigenvalue weighted by Gasteiger charge is -2.24. The van der Waals surface area contributed by atoms with E-state index in [-0.39, 0.29) is 0 Å². The molecule has 0 saturated carbocycles. The van der Waals surface area contributed by atoms with Gasteiger partial charge in [0.15, 0.2) is 5.79 Å². The summed E-state index contributed by atoms with van der Waals surface area (Å²) < 4.78 is 16.5. The molecule has 2 N–H and O–H groups in total. The molecular weight excluding hydrogens is 248 g/mol. The molecule has 1 aromatic heterocycles. The first-order chi connectivity index (χ1) is 8.94. The SMILES string of the molecule is C=CC[C@H](O)[C@@H]1OC(C)(C)O[C@@H]1C(O)c1ccco1. The topological polar surface area (TPSA) is 72.1 Å². The molecule has 0 bridgehead atoms. The van der Waals surface area contributed by atoms with Crippen molar-refractivity contribution in [1.82, 2.24) is 0 Å². The zero-order valence-electron chi connectivity index (χ0n) is 11.2. The number of hydrogen-bond donors (Lipinski definition) is 2. The van der Waals surface area contributed by atoms with Crippen molar-refractivity contribution >= 4 is 0 Å². The van der Waals surface area contributed by atoms with Crippen LogP contribution in [0.25, 0.3) is 0 Å². The van der Waals surface area contributed by atoms with E-state index >= 15 is 0 Å². The third-order valence-electron chi connectivity index (χ3n) is 3.10. The zero-order chi connectivity index (χ0) is 14.0. The lowest BCUT2D eigenvalue weighted by Crippen LogP contribution is -2.38. The second-order valence-electron chi connectivity index (χ2n) is 5.12. The summed E-state index contributed by atoms with van der Waals surface area (Å²) in [5.41, 5.74) is 0. The summed E-state index contributed by atoms with van der Waals surface area (Å²) in [4.78, 5) is 0. The van der Waals surface area contributed by atoms with E-state index in [0.29, 0.717) is 12.2 Å². The average molecular weight is 268 g/mol. The molecule has 1 aliphatic heterocycles. The molecule has 2 heterocycles. The Kier molecular flexibility index (Phi) is 4.10. The molecule has 1 aromatic rings. The third kappa shape index (κ3) is 3.06. The highest BCUT2D eigenvalue weighted by Gasteiger charge is 2.48. The maximum Gasteiger partial charge on any atom is 0.164 e. The van der Waals surface area contributed by atoms with Crippen molar-refractivity contribution in [1.29, 1.82) is 0 Å². The van der Waals surface area contributed by atoms with Crippen LogP contribution in [0.3, 0.4) is 0 Å². The fourth-order valence-electron chi connectivity index (χ4n) is 2.29. The van der Waals surface area contributed by atoms with Crippen molar-refractivity contribution in [3.8, 4) is 0 Å². The zero-order valence-corrected chi connectivity index (χ0v) is 11.2. The van der Waals surface area contributed by atoms with E-state index in [4.69, 9.17) is 13.9 Å². The van der Waals surface area contributed by atoms with E-state index in [0.717, 1.165) is 0 Å². The first kappa shape index (κ1) is 14.3. The van der Waals surface area contributed by atoms with Gasteiger partial charge in [-0.2, -0.15) is 0 Å². The van der Waals surface area contributed by atoms with E-state index in [9.17, 15) is 10.2 Å². The van der Waals surface area contributed by atoms with Gasteiger partial charge < -0.3 is 24.1 Å². The van der Waals surface area contributed by atoms with Crippen LogP contribution in [0, 0.1) is 0 Å². The second-order valence-corrected chi connectivity index (χ2v) is 5.12. The molecule has 5 heteroatoms. The van der Waals surface area contributed by atoms with Gasteiger partial charge in [0.25, 0.3) is 0 Å². The summed E-state index contributed by atoms with van der Waals surface area (Å²) in [6.45, 7) is 7.08. The van der Waals surface area contributed by atoms with Gasteiger partial charge in [0.2, 0.25) is 0 Å². The number of aliphatic hydroxyl groups excluding tert-OH is 2. The first-order valence-electron chi connectivity index (χ1n) is 6.30. The van der Waals surface area contributed by atoms with Crippen LogP contribution in [0.15, 0.2) is 35.5 Å². The lowest BCUT2D eigenvalue weighted by atomic mass is 9.99. The Morgan fingerprint density at radius 1 is 1.37 bits per heavy atom. The molecule has 1 fully saturated rings. The number of rotatable bonds is 5. The predicted octanol–water partition coefficient (Wildman–Crippen LogP) is 1.77. The predicted molar refractivity (Wildman–Crippen MR) is 68.3 cm³/mol. The van der Waals surface area contributed by atoms with Gasteiger partial charge in [-0.3, -0.25) is 0 Å². The van der Waals surface area contributed by atoms with Crippen LogP contribution in [0.2, 0.25) is 0 Å². The molecule has 19 heavy (non-hydrogen) atoms. The number of furan rings is 1. The van der Waals surface area contributed by atoms with E-state index in [2.05, 4.69) is 6.58 Å². The number of hydrogen-bond acceptors (Lipinski definition) is 5. The van der Waals surface area contributed by atoms with Crippen molar-refractivity contribution in [3.63, 3.8) is 0 Å². The molecule has 5 nitrogen and oxygen atoms in total. The minimum atomic E-state index is -0.985. The van der Waals surface area contributed by atoms with Crippen molar-refractivity contribution < 1.29 is 24.1 Å². The van der Waals surface area contributed by atoms with Gasteiger partial charge in [-0.1, -0.05) is 6.08 Å². The van der Waals surface area contributed by atoms with Gasteiger partial charge in [0, 0.05) is 0 Å². The van der Waals surface area contributed by atoms with Crippen LogP contribution in [-0.4, -0.2) is 34.3 Å². The fourth-order valence-corrected chi connectivity index (χ4v) is 2.29. The van der Waals surface area contributed by atoms with Crippen molar-refractivity contribution in [3.05, 3.63) is 36.8 Å². The molecular formula is C14H20O5. The molecule has 0 amide bonds. The standard InChI is InChI=1S/C14H20O5/c1-4-6-9(15)12-13(19-14(2,3)18-12)11(16)10-7-5-8-17-10/h4-5,7-9,11-13,15-16H,1,6H2,2-3H3/t9-,11?,12-,13+/m0/s1. The highest BCUT2D eigenvalue weighted by atomic mass is 16.8. The fraction of sp³-hybridized carbons (Fsp3) is 0.571. The normalized spacial score (nSPS) is 29.1.